The number of amides is 1. The maximum absolute atomic E-state index is 12.0. The van der Waals surface area contributed by atoms with Gasteiger partial charge in [-0.25, -0.2) is 0 Å². The highest BCUT2D eigenvalue weighted by Crippen LogP contribution is 2.27. The lowest BCUT2D eigenvalue weighted by Crippen LogP contribution is -2.36. The van der Waals surface area contributed by atoms with Gasteiger partial charge in [0.05, 0.1) is 25.1 Å². The van der Waals surface area contributed by atoms with Crippen molar-refractivity contribution in [1.29, 1.82) is 0 Å². The van der Waals surface area contributed by atoms with E-state index in [1.54, 1.807) is 6.08 Å². The summed E-state index contributed by atoms with van der Waals surface area (Å²) in [6.45, 7) is 4.06. The summed E-state index contributed by atoms with van der Waals surface area (Å²) in [7, 11) is 0. The van der Waals surface area contributed by atoms with Gasteiger partial charge in [-0.05, 0) is 36.3 Å². The average Bonchev–Trinajstić information content (AvgIpc) is 2.69. The number of morpholine rings is 1. The number of nitrogens with zero attached hydrogens (tertiary/aromatic N) is 3. The molecule has 0 radical (unpaired) electrons. The molecule has 0 atom stereocenters. The zero-order chi connectivity index (χ0) is 17.1. The fourth-order valence-corrected chi connectivity index (χ4v) is 3.26. The molecule has 3 heterocycles. The van der Waals surface area contributed by atoms with E-state index in [1.165, 1.54) is 0 Å². The number of ether oxygens (including phenoxy) is 1. The zero-order valence-electron chi connectivity index (χ0n) is 14.1. The van der Waals surface area contributed by atoms with Crippen LogP contribution < -0.4 is 9.80 Å². The highest BCUT2D eigenvalue weighted by molar-refractivity contribution is 6.02. The minimum absolute atomic E-state index is 0.0509. The first-order valence-corrected chi connectivity index (χ1v) is 8.67. The lowest BCUT2D eigenvalue weighted by atomic mass is 10.1. The van der Waals surface area contributed by atoms with Gasteiger partial charge in [0.25, 0.3) is 5.91 Å². The predicted molar refractivity (Wildman–Crippen MR) is 98.8 cm³/mol. The molecule has 1 aromatic carbocycles. The van der Waals surface area contributed by atoms with Crippen LogP contribution >= 0.6 is 0 Å². The van der Waals surface area contributed by atoms with Gasteiger partial charge >= 0.3 is 0 Å². The summed E-state index contributed by atoms with van der Waals surface area (Å²) in [5.41, 5.74) is 4.25. The summed E-state index contributed by atoms with van der Waals surface area (Å²) in [6.07, 6.45) is 8.26. The number of aromatic nitrogens is 1. The lowest BCUT2D eigenvalue weighted by Gasteiger charge is -2.28. The predicted octanol–water partition coefficient (Wildman–Crippen LogP) is 2.88. The first kappa shape index (κ1) is 15.8. The molecule has 1 amide bonds. The molecule has 0 spiro atoms. The highest BCUT2D eigenvalue weighted by Gasteiger charge is 2.16. The van der Waals surface area contributed by atoms with E-state index < -0.39 is 0 Å². The molecule has 0 aliphatic carbocycles. The smallest absolute Gasteiger partial charge is 0.250 e. The molecular formula is C20H21N3O2. The highest BCUT2D eigenvalue weighted by atomic mass is 16.5. The van der Waals surface area contributed by atoms with Crippen LogP contribution in [0.5, 0.6) is 0 Å². The molecule has 5 heteroatoms. The molecule has 1 aromatic heterocycles. The fraction of sp³-hybridized carbons (Fsp3) is 0.300. The number of rotatable bonds is 3. The Kier molecular flexibility index (Phi) is 4.48. The molecule has 0 unspecified atom stereocenters. The van der Waals surface area contributed by atoms with Crippen LogP contribution in [0.25, 0.3) is 11.1 Å². The number of carbonyl (C=O) groups excluding carboxylic acids is 1. The topological polar surface area (TPSA) is 45.7 Å². The minimum Gasteiger partial charge on any atom is -0.378 e. The Morgan fingerprint density at radius 3 is 2.48 bits per heavy atom. The second kappa shape index (κ2) is 7.07. The Balaban J connectivity index is 1.55. The molecule has 0 bridgehead atoms. The summed E-state index contributed by atoms with van der Waals surface area (Å²) >= 11 is 0. The van der Waals surface area contributed by atoms with Crippen LogP contribution in [0, 0.1) is 0 Å². The van der Waals surface area contributed by atoms with E-state index in [2.05, 4.69) is 28.1 Å². The van der Waals surface area contributed by atoms with Crippen LogP contribution in [0.2, 0.25) is 0 Å². The van der Waals surface area contributed by atoms with Crippen molar-refractivity contribution in [2.75, 3.05) is 42.6 Å². The van der Waals surface area contributed by atoms with Crippen molar-refractivity contribution in [3.05, 3.63) is 54.9 Å². The number of pyridine rings is 1. The quantitative estimate of drug-likeness (QED) is 0.865. The van der Waals surface area contributed by atoms with Gasteiger partial charge in [0, 0.05) is 37.1 Å². The maximum Gasteiger partial charge on any atom is 0.250 e. The Bertz CT molecular complexity index is 780. The second-order valence-electron chi connectivity index (χ2n) is 6.26. The summed E-state index contributed by atoms with van der Waals surface area (Å²) in [5, 5.41) is 0. The number of carbonyl (C=O) groups is 1. The molecule has 1 saturated heterocycles. The molecule has 0 N–H and O–H groups in total. The Morgan fingerprint density at radius 1 is 0.920 bits per heavy atom. The Labute approximate surface area is 147 Å². The Hall–Kier alpha value is -2.66. The molecule has 128 valence electrons. The second-order valence-corrected chi connectivity index (χ2v) is 6.26. The van der Waals surface area contributed by atoms with Crippen molar-refractivity contribution in [2.45, 2.75) is 6.42 Å². The van der Waals surface area contributed by atoms with E-state index in [9.17, 15) is 4.79 Å². The van der Waals surface area contributed by atoms with Crippen molar-refractivity contribution < 1.29 is 9.53 Å². The third-order valence-electron chi connectivity index (χ3n) is 4.66. The third kappa shape index (κ3) is 3.42. The van der Waals surface area contributed by atoms with Crippen molar-refractivity contribution in [3.8, 4) is 11.1 Å². The zero-order valence-corrected chi connectivity index (χ0v) is 14.1. The minimum atomic E-state index is 0.0509. The maximum atomic E-state index is 12.0. The van der Waals surface area contributed by atoms with Gasteiger partial charge in [-0.1, -0.05) is 18.2 Å². The van der Waals surface area contributed by atoms with Crippen molar-refractivity contribution >= 4 is 17.3 Å². The van der Waals surface area contributed by atoms with Gasteiger partial charge in [-0.15, -0.1) is 0 Å². The van der Waals surface area contributed by atoms with Gasteiger partial charge in [0.15, 0.2) is 0 Å². The normalized spacial score (nSPS) is 17.8. The third-order valence-corrected chi connectivity index (χ3v) is 4.66. The van der Waals surface area contributed by atoms with Crippen LogP contribution in [0.4, 0.5) is 11.4 Å². The summed E-state index contributed by atoms with van der Waals surface area (Å²) in [5.74, 6) is 0.0509. The number of hydrogen-bond acceptors (Lipinski definition) is 4. The summed E-state index contributed by atoms with van der Waals surface area (Å²) in [4.78, 5) is 20.5. The van der Waals surface area contributed by atoms with Gasteiger partial charge in [-0.3, -0.25) is 9.78 Å². The van der Waals surface area contributed by atoms with Gasteiger partial charge in [0.2, 0.25) is 0 Å². The SMILES string of the molecule is O=C1C=CCCN1c1ccc(-c2cncc(N3CCOCC3)c2)cc1. The van der Waals surface area contributed by atoms with Gasteiger partial charge in [0.1, 0.15) is 0 Å². The lowest BCUT2D eigenvalue weighted by molar-refractivity contribution is -0.114. The molecule has 25 heavy (non-hydrogen) atoms. The molecule has 2 aliphatic heterocycles. The molecule has 2 aromatic rings. The number of anilines is 2. The van der Waals surface area contributed by atoms with Crippen molar-refractivity contribution in [2.24, 2.45) is 0 Å². The van der Waals surface area contributed by atoms with Crippen LogP contribution in [-0.2, 0) is 9.53 Å². The Morgan fingerprint density at radius 2 is 1.72 bits per heavy atom. The van der Waals surface area contributed by atoms with Gasteiger partial charge < -0.3 is 14.5 Å². The molecular weight excluding hydrogens is 314 g/mol. The molecule has 5 nitrogen and oxygen atoms in total. The van der Waals surface area contributed by atoms with Crippen LogP contribution in [0.1, 0.15) is 6.42 Å². The van der Waals surface area contributed by atoms with E-state index in [0.717, 1.165) is 61.8 Å². The molecule has 4 rings (SSSR count). The fourth-order valence-electron chi connectivity index (χ4n) is 3.26. The number of benzene rings is 1. The van der Waals surface area contributed by atoms with E-state index >= 15 is 0 Å². The van der Waals surface area contributed by atoms with E-state index in [4.69, 9.17) is 4.74 Å². The molecule has 0 saturated carbocycles. The number of hydrogen-bond donors (Lipinski definition) is 0. The molecule has 1 fully saturated rings. The van der Waals surface area contributed by atoms with Crippen LogP contribution in [0.3, 0.4) is 0 Å². The monoisotopic (exact) mass is 335 g/mol. The van der Waals surface area contributed by atoms with Crippen LogP contribution in [-0.4, -0.2) is 43.7 Å². The standard InChI is InChI=1S/C20H21N3O2/c24-20-3-1-2-8-23(20)18-6-4-16(5-7-18)17-13-19(15-21-14-17)22-9-11-25-12-10-22/h1,3-7,13-15H,2,8-12H2. The first-order valence-electron chi connectivity index (χ1n) is 8.67. The average molecular weight is 335 g/mol. The first-order chi connectivity index (χ1) is 12.3. The van der Waals surface area contributed by atoms with Crippen molar-refractivity contribution in [3.63, 3.8) is 0 Å². The summed E-state index contributed by atoms with van der Waals surface area (Å²) in [6, 6.07) is 10.3. The van der Waals surface area contributed by atoms with E-state index in [1.807, 2.05) is 35.5 Å². The van der Waals surface area contributed by atoms with E-state index in [0.29, 0.717) is 0 Å². The largest absolute Gasteiger partial charge is 0.378 e. The van der Waals surface area contributed by atoms with E-state index in [-0.39, 0.29) is 5.91 Å². The van der Waals surface area contributed by atoms with Crippen LogP contribution in [0.15, 0.2) is 54.9 Å². The van der Waals surface area contributed by atoms with Crippen molar-refractivity contribution in [1.82, 2.24) is 4.98 Å². The molecule has 2 aliphatic rings. The van der Waals surface area contributed by atoms with Gasteiger partial charge in [-0.2, -0.15) is 0 Å². The summed E-state index contributed by atoms with van der Waals surface area (Å²) < 4.78 is 5.42.